The maximum atomic E-state index is 12.8. The van der Waals surface area contributed by atoms with Crippen LogP contribution in [0.5, 0.6) is 0 Å². The van der Waals surface area contributed by atoms with Crippen molar-refractivity contribution in [3.63, 3.8) is 0 Å². The fourth-order valence-corrected chi connectivity index (χ4v) is 4.74. The molecule has 1 aliphatic rings. The van der Waals surface area contributed by atoms with Crippen molar-refractivity contribution >= 4 is 33.0 Å². The molecule has 0 atom stereocenters. The van der Waals surface area contributed by atoms with Crippen LogP contribution in [-0.4, -0.2) is 44.9 Å². The summed E-state index contributed by atoms with van der Waals surface area (Å²) in [5, 5.41) is 4.74. The van der Waals surface area contributed by atoms with E-state index in [9.17, 15) is 13.2 Å². The van der Waals surface area contributed by atoms with Crippen LogP contribution >= 0.6 is 11.3 Å². The number of hydrogen-bond donors (Lipinski definition) is 1. The first-order chi connectivity index (χ1) is 12.0. The van der Waals surface area contributed by atoms with Crippen LogP contribution in [0.25, 0.3) is 0 Å². The number of amides is 1. The number of carbonyl (C=O) groups is 1. The van der Waals surface area contributed by atoms with Gasteiger partial charge in [0.2, 0.25) is 15.9 Å². The average molecular weight is 380 g/mol. The number of sulfonamides is 1. The molecule has 1 N–H and O–H groups in total. The van der Waals surface area contributed by atoms with E-state index in [4.69, 9.17) is 4.74 Å². The molecule has 0 spiro atoms. The second kappa shape index (κ2) is 7.65. The minimum Gasteiger partial charge on any atom is -0.379 e. The van der Waals surface area contributed by atoms with Crippen molar-refractivity contribution in [1.29, 1.82) is 0 Å². The van der Waals surface area contributed by atoms with E-state index in [1.807, 2.05) is 24.4 Å². The zero-order valence-electron chi connectivity index (χ0n) is 13.9. The van der Waals surface area contributed by atoms with Crippen molar-refractivity contribution in [1.82, 2.24) is 4.31 Å². The maximum absolute atomic E-state index is 12.8. The molecule has 1 amide bonds. The predicted molar refractivity (Wildman–Crippen MR) is 97.4 cm³/mol. The number of nitrogens with zero attached hydrogens (tertiary/aromatic N) is 1. The van der Waals surface area contributed by atoms with Gasteiger partial charge in [-0.25, -0.2) is 8.42 Å². The third-order valence-corrected chi connectivity index (χ3v) is 6.78. The Morgan fingerprint density at radius 3 is 2.72 bits per heavy atom. The molecule has 1 aliphatic heterocycles. The highest BCUT2D eigenvalue weighted by Crippen LogP contribution is 2.24. The second-order valence-electron chi connectivity index (χ2n) is 5.80. The van der Waals surface area contributed by atoms with Crippen molar-refractivity contribution in [3.05, 3.63) is 46.2 Å². The van der Waals surface area contributed by atoms with Gasteiger partial charge in [0.25, 0.3) is 0 Å². The lowest BCUT2D eigenvalue weighted by molar-refractivity contribution is -0.115. The fourth-order valence-electron chi connectivity index (χ4n) is 2.60. The highest BCUT2D eigenvalue weighted by Gasteiger charge is 2.26. The number of thiophene rings is 1. The molecule has 0 aliphatic carbocycles. The lowest BCUT2D eigenvalue weighted by Gasteiger charge is -2.26. The smallest absolute Gasteiger partial charge is 0.243 e. The monoisotopic (exact) mass is 380 g/mol. The quantitative estimate of drug-likeness (QED) is 0.863. The largest absolute Gasteiger partial charge is 0.379 e. The van der Waals surface area contributed by atoms with E-state index in [0.29, 0.717) is 32.0 Å². The summed E-state index contributed by atoms with van der Waals surface area (Å²) in [6.07, 6.45) is 0.275. The summed E-state index contributed by atoms with van der Waals surface area (Å²) < 4.78 is 32.1. The van der Waals surface area contributed by atoms with Gasteiger partial charge in [-0.2, -0.15) is 4.31 Å². The van der Waals surface area contributed by atoms with E-state index in [1.54, 1.807) is 12.1 Å². The van der Waals surface area contributed by atoms with E-state index in [2.05, 4.69) is 5.32 Å². The molecule has 3 rings (SSSR count). The van der Waals surface area contributed by atoms with Gasteiger partial charge in [-0.3, -0.25) is 4.79 Å². The maximum Gasteiger partial charge on any atom is 0.243 e. The molecular formula is C17H20N2O4S2. The molecule has 25 heavy (non-hydrogen) atoms. The Balaban J connectivity index is 1.79. The van der Waals surface area contributed by atoms with Gasteiger partial charge >= 0.3 is 0 Å². The Hall–Kier alpha value is -1.74. The highest BCUT2D eigenvalue weighted by atomic mass is 32.2. The van der Waals surface area contributed by atoms with Gasteiger partial charge in [-0.15, -0.1) is 11.3 Å². The first-order valence-electron chi connectivity index (χ1n) is 7.97. The van der Waals surface area contributed by atoms with E-state index in [1.165, 1.54) is 21.7 Å². The normalized spacial score (nSPS) is 15.9. The van der Waals surface area contributed by atoms with Crippen LogP contribution in [0, 0.1) is 6.92 Å². The first-order valence-corrected chi connectivity index (χ1v) is 10.3. The van der Waals surface area contributed by atoms with Gasteiger partial charge in [0.05, 0.1) is 24.5 Å². The zero-order valence-corrected chi connectivity index (χ0v) is 15.5. The summed E-state index contributed by atoms with van der Waals surface area (Å²) in [5.41, 5.74) is 1.34. The highest BCUT2D eigenvalue weighted by molar-refractivity contribution is 7.89. The fraction of sp³-hybridized carbons (Fsp3) is 0.353. The van der Waals surface area contributed by atoms with E-state index < -0.39 is 10.0 Å². The van der Waals surface area contributed by atoms with E-state index >= 15 is 0 Å². The van der Waals surface area contributed by atoms with Crippen molar-refractivity contribution in [2.45, 2.75) is 18.2 Å². The first kappa shape index (κ1) is 18.1. The average Bonchev–Trinajstić information content (AvgIpc) is 3.10. The molecule has 1 aromatic heterocycles. The Bertz CT molecular complexity index is 842. The molecule has 0 radical (unpaired) electrons. The van der Waals surface area contributed by atoms with E-state index in [0.717, 1.165) is 10.4 Å². The van der Waals surface area contributed by atoms with Crippen LogP contribution in [0.2, 0.25) is 0 Å². The van der Waals surface area contributed by atoms with Crippen LogP contribution < -0.4 is 5.32 Å². The molecule has 2 aromatic rings. The van der Waals surface area contributed by atoms with Gasteiger partial charge in [0, 0.05) is 23.7 Å². The van der Waals surface area contributed by atoms with E-state index in [-0.39, 0.29) is 17.2 Å². The number of anilines is 1. The molecule has 0 unspecified atom stereocenters. The number of aryl methyl sites for hydroxylation is 1. The second-order valence-corrected chi connectivity index (χ2v) is 8.77. The van der Waals surface area contributed by atoms with Crippen LogP contribution in [-0.2, 0) is 26.0 Å². The summed E-state index contributed by atoms with van der Waals surface area (Å²) in [4.78, 5) is 13.4. The number of hydrogen-bond acceptors (Lipinski definition) is 5. The molecule has 134 valence electrons. The number of morpholine rings is 1. The number of nitrogens with one attached hydrogen (secondary N) is 1. The van der Waals surface area contributed by atoms with Crippen LogP contribution in [0.3, 0.4) is 0 Å². The van der Waals surface area contributed by atoms with Crippen LogP contribution in [0.4, 0.5) is 5.69 Å². The van der Waals surface area contributed by atoms with Crippen LogP contribution in [0.1, 0.15) is 10.4 Å². The number of rotatable bonds is 5. The summed E-state index contributed by atoms with van der Waals surface area (Å²) in [6, 6.07) is 8.63. The zero-order chi connectivity index (χ0) is 17.9. The molecule has 2 heterocycles. The van der Waals surface area contributed by atoms with Crippen molar-refractivity contribution in [3.8, 4) is 0 Å². The summed E-state index contributed by atoms with van der Waals surface area (Å²) in [7, 11) is -3.58. The van der Waals surface area contributed by atoms with Gasteiger partial charge < -0.3 is 10.1 Å². The molecule has 1 fully saturated rings. The molecule has 8 heteroatoms. The van der Waals surface area contributed by atoms with Crippen molar-refractivity contribution < 1.29 is 17.9 Å². The molecule has 0 saturated carbocycles. The summed E-state index contributed by atoms with van der Waals surface area (Å²) >= 11 is 1.52. The number of carbonyl (C=O) groups excluding carboxylic acids is 1. The topological polar surface area (TPSA) is 75.7 Å². The predicted octanol–water partition coefficient (Wildman–Crippen LogP) is 2.26. The molecular weight excluding hydrogens is 360 g/mol. The molecule has 1 saturated heterocycles. The Morgan fingerprint density at radius 1 is 1.28 bits per heavy atom. The van der Waals surface area contributed by atoms with Gasteiger partial charge in [-0.05, 0) is 36.1 Å². The number of ether oxygens (including phenoxy) is 1. The van der Waals surface area contributed by atoms with Crippen LogP contribution in [0.15, 0.2) is 40.6 Å². The Morgan fingerprint density at radius 2 is 2.04 bits per heavy atom. The summed E-state index contributed by atoms with van der Waals surface area (Å²) in [5.74, 6) is -0.161. The standard InChI is InChI=1S/C17H20N2O4S2/c1-13-4-5-15(25(21,22)19-6-8-23-9-7-19)12-16(13)18-17(20)11-14-3-2-10-24-14/h2-5,10,12H,6-9,11H2,1H3,(H,18,20). The minimum atomic E-state index is -3.58. The number of benzene rings is 1. The Labute approximate surface area is 151 Å². The van der Waals surface area contributed by atoms with Crippen molar-refractivity contribution in [2.75, 3.05) is 31.6 Å². The molecule has 6 nitrogen and oxygen atoms in total. The lowest BCUT2D eigenvalue weighted by atomic mass is 10.2. The Kier molecular flexibility index (Phi) is 5.53. The molecule has 1 aromatic carbocycles. The third-order valence-electron chi connectivity index (χ3n) is 4.01. The summed E-state index contributed by atoms with van der Waals surface area (Å²) in [6.45, 7) is 3.32. The SMILES string of the molecule is Cc1ccc(S(=O)(=O)N2CCOCC2)cc1NC(=O)Cc1cccs1. The lowest BCUT2D eigenvalue weighted by Crippen LogP contribution is -2.40. The van der Waals surface area contributed by atoms with Gasteiger partial charge in [-0.1, -0.05) is 12.1 Å². The van der Waals surface area contributed by atoms with Crippen molar-refractivity contribution in [2.24, 2.45) is 0 Å². The van der Waals surface area contributed by atoms with Gasteiger partial charge in [0.1, 0.15) is 0 Å². The third kappa shape index (κ3) is 4.27. The minimum absolute atomic E-state index is 0.161. The molecule has 0 bridgehead atoms. The van der Waals surface area contributed by atoms with Gasteiger partial charge in [0.15, 0.2) is 0 Å².